The Bertz CT molecular complexity index is 880. The van der Waals surface area contributed by atoms with E-state index >= 15 is 0 Å². The third-order valence-electron chi connectivity index (χ3n) is 4.36. The lowest BCUT2D eigenvalue weighted by atomic mass is 10.0. The molecule has 24 heavy (non-hydrogen) atoms. The van der Waals surface area contributed by atoms with E-state index < -0.39 is 0 Å². The van der Waals surface area contributed by atoms with Gasteiger partial charge in [-0.1, -0.05) is 24.3 Å². The number of carbonyl (C=O) groups excluding carboxylic acids is 1. The van der Waals surface area contributed by atoms with Gasteiger partial charge in [0.25, 0.3) is 0 Å². The van der Waals surface area contributed by atoms with Crippen molar-refractivity contribution in [1.82, 2.24) is 15.0 Å². The first-order valence-electron chi connectivity index (χ1n) is 8.00. The van der Waals surface area contributed by atoms with Crippen LogP contribution < -0.4 is 4.90 Å². The lowest BCUT2D eigenvalue weighted by Crippen LogP contribution is -2.36. The fraction of sp³-hybridized carbons (Fsp3) is 0.278. The van der Waals surface area contributed by atoms with Crippen molar-refractivity contribution in [2.75, 3.05) is 31.2 Å². The van der Waals surface area contributed by atoms with Crippen molar-refractivity contribution in [1.29, 1.82) is 0 Å². The number of Topliss-reactive ketones (excluding diaryl/α,β-unsaturated/α-hetero) is 1. The van der Waals surface area contributed by atoms with Crippen LogP contribution in [0, 0.1) is 0 Å². The molecule has 1 aliphatic rings. The predicted octanol–water partition coefficient (Wildman–Crippen LogP) is 2.66. The van der Waals surface area contributed by atoms with Crippen molar-refractivity contribution in [2.45, 2.75) is 6.92 Å². The highest BCUT2D eigenvalue weighted by Crippen LogP contribution is 2.33. The van der Waals surface area contributed by atoms with Crippen LogP contribution in [0.25, 0.3) is 22.2 Å². The van der Waals surface area contributed by atoms with Crippen molar-refractivity contribution < 1.29 is 9.53 Å². The molecule has 3 heterocycles. The molecule has 0 spiro atoms. The number of aromatic amines is 1. The minimum Gasteiger partial charge on any atom is -0.378 e. The molecule has 6 heteroatoms. The van der Waals surface area contributed by atoms with Gasteiger partial charge in [0, 0.05) is 30.4 Å². The quantitative estimate of drug-likeness (QED) is 0.751. The second-order valence-corrected chi connectivity index (χ2v) is 5.86. The third kappa shape index (κ3) is 2.55. The topological polar surface area (TPSA) is 71.1 Å². The Morgan fingerprint density at radius 1 is 1.17 bits per heavy atom. The molecule has 0 aliphatic carbocycles. The first kappa shape index (κ1) is 14.8. The van der Waals surface area contributed by atoms with Crippen molar-refractivity contribution >= 4 is 22.6 Å². The number of rotatable bonds is 3. The largest absolute Gasteiger partial charge is 0.378 e. The fourth-order valence-corrected chi connectivity index (χ4v) is 3.07. The van der Waals surface area contributed by atoms with Crippen LogP contribution in [0.15, 0.2) is 36.8 Å². The first-order chi connectivity index (χ1) is 11.7. The minimum absolute atomic E-state index is 0.0674. The number of nitrogens with zero attached hydrogens (tertiary/aromatic N) is 3. The van der Waals surface area contributed by atoms with Gasteiger partial charge in [-0.2, -0.15) is 0 Å². The van der Waals surface area contributed by atoms with Gasteiger partial charge < -0.3 is 14.6 Å². The molecule has 1 N–H and O–H groups in total. The Labute approximate surface area is 139 Å². The zero-order valence-corrected chi connectivity index (χ0v) is 13.5. The number of hydrogen-bond donors (Lipinski definition) is 1. The van der Waals surface area contributed by atoms with Gasteiger partial charge in [0.1, 0.15) is 17.8 Å². The number of aromatic nitrogens is 3. The van der Waals surface area contributed by atoms with Crippen molar-refractivity contribution in [2.24, 2.45) is 0 Å². The van der Waals surface area contributed by atoms with E-state index in [-0.39, 0.29) is 5.78 Å². The highest BCUT2D eigenvalue weighted by Gasteiger charge is 2.19. The standard InChI is InChI=1S/C18H18N4O2/c1-12(23)13-2-4-14(5-3-13)15-10-19-17-16(15)18(21-11-20-17)22-6-8-24-9-7-22/h2-5,10-11H,6-9H2,1H3,(H,19,20,21). The summed E-state index contributed by atoms with van der Waals surface area (Å²) in [6, 6.07) is 7.65. The Morgan fingerprint density at radius 2 is 1.92 bits per heavy atom. The van der Waals surface area contributed by atoms with Gasteiger partial charge in [-0.05, 0) is 12.5 Å². The molecule has 1 aliphatic heterocycles. The van der Waals surface area contributed by atoms with Crippen LogP contribution in [-0.2, 0) is 4.74 Å². The number of carbonyl (C=O) groups is 1. The molecule has 4 rings (SSSR count). The number of ketones is 1. The van der Waals surface area contributed by atoms with Gasteiger partial charge in [-0.3, -0.25) is 4.79 Å². The number of hydrogen-bond acceptors (Lipinski definition) is 5. The van der Waals surface area contributed by atoms with Crippen molar-refractivity contribution in [3.8, 4) is 11.1 Å². The van der Waals surface area contributed by atoms with E-state index in [0.29, 0.717) is 18.8 Å². The lowest BCUT2D eigenvalue weighted by molar-refractivity contribution is 0.101. The molecule has 122 valence electrons. The Kier molecular flexibility index (Phi) is 3.74. The van der Waals surface area contributed by atoms with Crippen LogP contribution in [-0.4, -0.2) is 47.0 Å². The monoisotopic (exact) mass is 322 g/mol. The van der Waals surface area contributed by atoms with Gasteiger partial charge >= 0.3 is 0 Å². The molecule has 6 nitrogen and oxygen atoms in total. The summed E-state index contributed by atoms with van der Waals surface area (Å²) < 4.78 is 5.44. The molecule has 3 aromatic rings. The van der Waals surface area contributed by atoms with Crippen LogP contribution >= 0.6 is 0 Å². The van der Waals surface area contributed by atoms with E-state index in [1.54, 1.807) is 13.3 Å². The second-order valence-electron chi connectivity index (χ2n) is 5.86. The molecule has 1 fully saturated rings. The number of ether oxygens (including phenoxy) is 1. The van der Waals surface area contributed by atoms with Crippen LogP contribution in [0.2, 0.25) is 0 Å². The minimum atomic E-state index is 0.0674. The molecule has 0 saturated carbocycles. The van der Waals surface area contributed by atoms with E-state index in [4.69, 9.17) is 4.74 Å². The van der Waals surface area contributed by atoms with Gasteiger partial charge in [0.2, 0.25) is 0 Å². The zero-order valence-electron chi connectivity index (χ0n) is 13.5. The van der Waals surface area contributed by atoms with Gasteiger partial charge in [-0.15, -0.1) is 0 Å². The van der Waals surface area contributed by atoms with Crippen LogP contribution in [0.4, 0.5) is 5.82 Å². The molecule has 0 unspecified atom stereocenters. The molecule has 1 saturated heterocycles. The van der Waals surface area contributed by atoms with Crippen LogP contribution in [0.3, 0.4) is 0 Å². The maximum Gasteiger partial charge on any atom is 0.159 e. The summed E-state index contributed by atoms with van der Waals surface area (Å²) in [5.41, 5.74) is 3.61. The first-order valence-corrected chi connectivity index (χ1v) is 8.00. The summed E-state index contributed by atoms with van der Waals surface area (Å²) >= 11 is 0. The molecular formula is C18H18N4O2. The van der Waals surface area contributed by atoms with E-state index in [1.165, 1.54) is 0 Å². The third-order valence-corrected chi connectivity index (χ3v) is 4.36. The predicted molar refractivity (Wildman–Crippen MR) is 92.4 cm³/mol. The number of H-pyrrole nitrogens is 1. The second kappa shape index (κ2) is 6.05. The summed E-state index contributed by atoms with van der Waals surface area (Å²) in [4.78, 5) is 25.8. The highest BCUT2D eigenvalue weighted by atomic mass is 16.5. The molecule has 0 bridgehead atoms. The van der Waals surface area contributed by atoms with E-state index in [2.05, 4.69) is 19.9 Å². The highest BCUT2D eigenvalue weighted by molar-refractivity contribution is 6.02. The average molecular weight is 322 g/mol. The van der Waals surface area contributed by atoms with Gasteiger partial charge in [0.05, 0.1) is 18.6 Å². The van der Waals surface area contributed by atoms with Crippen molar-refractivity contribution in [3.63, 3.8) is 0 Å². The maximum atomic E-state index is 11.5. The smallest absolute Gasteiger partial charge is 0.159 e. The van der Waals surface area contributed by atoms with E-state index in [9.17, 15) is 4.79 Å². The van der Waals surface area contributed by atoms with Crippen molar-refractivity contribution in [3.05, 3.63) is 42.4 Å². The zero-order chi connectivity index (χ0) is 16.5. The Hall–Kier alpha value is -2.73. The summed E-state index contributed by atoms with van der Waals surface area (Å²) in [6.07, 6.45) is 3.54. The average Bonchev–Trinajstić information content (AvgIpc) is 3.06. The van der Waals surface area contributed by atoms with E-state index in [0.717, 1.165) is 41.1 Å². The molecule has 2 aromatic heterocycles. The molecular weight excluding hydrogens is 304 g/mol. The number of benzene rings is 1. The lowest BCUT2D eigenvalue weighted by Gasteiger charge is -2.28. The van der Waals surface area contributed by atoms with Gasteiger partial charge in [0.15, 0.2) is 5.78 Å². The normalized spacial score (nSPS) is 15.0. The molecule has 0 atom stereocenters. The number of fused-ring (bicyclic) bond motifs is 1. The number of morpholine rings is 1. The van der Waals surface area contributed by atoms with Crippen LogP contribution in [0.5, 0.6) is 0 Å². The molecule has 0 radical (unpaired) electrons. The Morgan fingerprint density at radius 3 is 2.62 bits per heavy atom. The van der Waals surface area contributed by atoms with Crippen LogP contribution in [0.1, 0.15) is 17.3 Å². The molecule has 0 amide bonds. The number of anilines is 1. The summed E-state index contributed by atoms with van der Waals surface area (Å²) in [5, 5.41) is 1.01. The summed E-state index contributed by atoms with van der Waals surface area (Å²) in [5.74, 6) is 0.994. The SMILES string of the molecule is CC(=O)c1ccc(-c2c[nH]c3ncnc(N4CCOCC4)c23)cc1. The maximum absolute atomic E-state index is 11.5. The summed E-state index contributed by atoms with van der Waals surface area (Å²) in [7, 11) is 0. The number of nitrogens with one attached hydrogen (secondary N) is 1. The Balaban J connectivity index is 1.82. The van der Waals surface area contributed by atoms with E-state index in [1.807, 2.05) is 30.5 Å². The molecule has 1 aromatic carbocycles. The fourth-order valence-electron chi connectivity index (χ4n) is 3.07. The van der Waals surface area contributed by atoms with Gasteiger partial charge in [-0.25, -0.2) is 9.97 Å². The summed E-state index contributed by atoms with van der Waals surface area (Å²) in [6.45, 7) is 4.63.